The van der Waals surface area contributed by atoms with Crippen LogP contribution in [0.3, 0.4) is 0 Å². The molecule has 2 bridgehead atoms. The summed E-state index contributed by atoms with van der Waals surface area (Å²) in [5, 5.41) is 4.90. The first kappa shape index (κ1) is 23.5. The highest BCUT2D eigenvalue weighted by atomic mass is 16.5. The average molecular weight is 485 g/mol. The number of hydrogen-bond donors (Lipinski definition) is 0. The van der Waals surface area contributed by atoms with E-state index >= 15 is 0 Å². The molecule has 188 valence electrons. The number of fused-ring (bicyclic) bond motifs is 3. The van der Waals surface area contributed by atoms with E-state index < -0.39 is 5.41 Å². The predicted octanol–water partition coefficient (Wildman–Crippen LogP) is 5.82. The molecular formula is C31H38N3O2+. The molecule has 4 heterocycles. The number of aromatic nitrogens is 2. The molecular weight excluding hydrogens is 446 g/mol. The van der Waals surface area contributed by atoms with Gasteiger partial charge in [-0.1, -0.05) is 74.2 Å². The van der Waals surface area contributed by atoms with Crippen LogP contribution in [0.5, 0.6) is 0 Å². The number of hydrogen-bond acceptors (Lipinski definition) is 3. The molecule has 1 saturated carbocycles. The summed E-state index contributed by atoms with van der Waals surface area (Å²) in [5.41, 5.74) is 2.87. The molecule has 0 amide bonds. The summed E-state index contributed by atoms with van der Waals surface area (Å²) < 4.78 is 9.49. The number of para-hydroxylation sites is 1. The second kappa shape index (κ2) is 9.85. The lowest BCUT2D eigenvalue weighted by atomic mass is 9.74. The van der Waals surface area contributed by atoms with Gasteiger partial charge in [0.25, 0.3) is 0 Å². The van der Waals surface area contributed by atoms with E-state index in [1.807, 2.05) is 28.9 Å². The fourth-order valence-electron chi connectivity index (χ4n) is 7.04. The Balaban J connectivity index is 1.19. The SMILES string of the molecule is O=C(O[C@H]1C[N+]2(Cc3ccn(-c4ccccc4)n3)CCC1CC2)C1(c2ccccc2)CCCCCC1. The summed E-state index contributed by atoms with van der Waals surface area (Å²) >= 11 is 0. The van der Waals surface area contributed by atoms with E-state index in [0.29, 0.717) is 5.92 Å². The van der Waals surface area contributed by atoms with E-state index in [2.05, 4.69) is 48.7 Å². The van der Waals surface area contributed by atoms with Crippen LogP contribution in [0, 0.1) is 5.92 Å². The fraction of sp³-hybridized carbons (Fsp3) is 0.484. The lowest BCUT2D eigenvalue weighted by Gasteiger charge is -2.52. The van der Waals surface area contributed by atoms with E-state index in [0.717, 1.165) is 86.1 Å². The number of carbonyl (C=O) groups excluding carboxylic acids is 1. The van der Waals surface area contributed by atoms with Crippen molar-refractivity contribution < 1.29 is 14.0 Å². The van der Waals surface area contributed by atoms with Gasteiger partial charge in [0, 0.05) is 25.0 Å². The Morgan fingerprint density at radius 3 is 2.28 bits per heavy atom. The van der Waals surface area contributed by atoms with Gasteiger partial charge in [0.2, 0.25) is 0 Å². The van der Waals surface area contributed by atoms with Gasteiger partial charge in [-0.2, -0.15) is 5.10 Å². The molecule has 3 aromatic rings. The number of benzene rings is 2. The van der Waals surface area contributed by atoms with Crippen LogP contribution in [0.1, 0.15) is 62.6 Å². The van der Waals surface area contributed by atoms with Crippen LogP contribution in [-0.4, -0.2) is 46.0 Å². The van der Waals surface area contributed by atoms with Crippen molar-refractivity contribution in [2.75, 3.05) is 19.6 Å². The van der Waals surface area contributed by atoms with Crippen LogP contribution in [0.2, 0.25) is 0 Å². The third kappa shape index (κ3) is 4.50. The minimum atomic E-state index is -0.483. The monoisotopic (exact) mass is 484 g/mol. The Labute approximate surface area is 214 Å². The van der Waals surface area contributed by atoms with Gasteiger partial charge >= 0.3 is 5.97 Å². The summed E-state index contributed by atoms with van der Waals surface area (Å²) in [7, 11) is 0. The van der Waals surface area contributed by atoms with Gasteiger partial charge in [0.1, 0.15) is 18.8 Å². The molecule has 1 aromatic heterocycles. The van der Waals surface area contributed by atoms with E-state index in [9.17, 15) is 4.79 Å². The maximum Gasteiger partial charge on any atom is 0.317 e. The van der Waals surface area contributed by atoms with Gasteiger partial charge in [0.05, 0.1) is 24.2 Å². The lowest BCUT2D eigenvalue weighted by molar-refractivity contribution is -0.958. The molecule has 0 unspecified atom stereocenters. The zero-order chi connectivity index (χ0) is 24.4. The summed E-state index contributed by atoms with van der Waals surface area (Å²) in [6.45, 7) is 4.13. The molecule has 5 heteroatoms. The molecule has 7 rings (SSSR count). The third-order valence-electron chi connectivity index (χ3n) is 9.14. The van der Waals surface area contributed by atoms with Crippen LogP contribution in [0.4, 0.5) is 0 Å². The maximum absolute atomic E-state index is 14.0. The van der Waals surface area contributed by atoms with Crippen LogP contribution >= 0.6 is 0 Å². The van der Waals surface area contributed by atoms with Crippen molar-refractivity contribution in [3.05, 3.63) is 84.2 Å². The molecule has 0 radical (unpaired) electrons. The molecule has 5 nitrogen and oxygen atoms in total. The molecule has 1 aliphatic carbocycles. The van der Waals surface area contributed by atoms with Gasteiger partial charge in [-0.05, 0) is 36.6 Å². The molecule has 1 atom stereocenters. The number of piperidine rings is 3. The van der Waals surface area contributed by atoms with Gasteiger partial charge in [-0.3, -0.25) is 4.79 Å². The maximum atomic E-state index is 14.0. The van der Waals surface area contributed by atoms with Gasteiger partial charge < -0.3 is 9.22 Å². The van der Waals surface area contributed by atoms with Crippen LogP contribution in [-0.2, 0) is 21.5 Å². The zero-order valence-corrected chi connectivity index (χ0v) is 21.2. The topological polar surface area (TPSA) is 44.1 Å². The Kier molecular flexibility index (Phi) is 6.43. The first-order valence-corrected chi connectivity index (χ1v) is 13.9. The normalized spacial score (nSPS) is 27.3. The minimum absolute atomic E-state index is 0.0139. The second-order valence-corrected chi connectivity index (χ2v) is 11.4. The largest absolute Gasteiger partial charge is 0.455 e. The first-order valence-electron chi connectivity index (χ1n) is 13.9. The molecule has 36 heavy (non-hydrogen) atoms. The van der Waals surface area contributed by atoms with Crippen molar-refractivity contribution in [1.29, 1.82) is 0 Å². The highest BCUT2D eigenvalue weighted by Gasteiger charge is 2.50. The molecule has 4 aliphatic rings. The number of ether oxygens (including phenoxy) is 1. The highest BCUT2D eigenvalue weighted by molar-refractivity contribution is 5.83. The van der Waals surface area contributed by atoms with Crippen molar-refractivity contribution in [1.82, 2.24) is 9.78 Å². The smallest absolute Gasteiger partial charge is 0.317 e. The van der Waals surface area contributed by atoms with Crippen LogP contribution in [0.25, 0.3) is 5.69 Å². The summed E-state index contributed by atoms with van der Waals surface area (Å²) in [5.74, 6) is 0.523. The number of esters is 1. The minimum Gasteiger partial charge on any atom is -0.455 e. The van der Waals surface area contributed by atoms with Crippen LogP contribution < -0.4 is 0 Å². The van der Waals surface area contributed by atoms with Crippen molar-refractivity contribution >= 4 is 5.97 Å². The van der Waals surface area contributed by atoms with Gasteiger partial charge in [-0.25, -0.2) is 4.68 Å². The quantitative estimate of drug-likeness (QED) is 0.252. The van der Waals surface area contributed by atoms with Crippen molar-refractivity contribution in [2.24, 2.45) is 5.92 Å². The lowest BCUT2D eigenvalue weighted by Crippen LogP contribution is -2.64. The van der Waals surface area contributed by atoms with Crippen LogP contribution in [0.15, 0.2) is 72.9 Å². The number of carbonyl (C=O) groups is 1. The standard InChI is InChI=1S/C31H38N3O2/c35-30(31(18-9-1-2-10-19-31)26-11-5-3-6-12-26)36-29-24-34(21-16-25(29)17-22-34)23-27-15-20-33(32-27)28-13-7-4-8-14-28/h3-8,11-15,20,25,29H,1-2,9-10,16-19,21-24H2/q+1/t25?,29-,34?/m0/s1. The molecule has 2 aromatic carbocycles. The zero-order valence-electron chi connectivity index (χ0n) is 21.2. The highest BCUT2D eigenvalue weighted by Crippen LogP contribution is 2.42. The van der Waals surface area contributed by atoms with E-state index in [1.54, 1.807) is 0 Å². The Bertz CT molecular complexity index is 1160. The predicted molar refractivity (Wildman–Crippen MR) is 141 cm³/mol. The first-order chi connectivity index (χ1) is 17.7. The Morgan fingerprint density at radius 2 is 1.58 bits per heavy atom. The molecule has 4 fully saturated rings. The number of quaternary nitrogens is 1. The molecule has 3 saturated heterocycles. The fourth-order valence-corrected chi connectivity index (χ4v) is 7.04. The third-order valence-corrected chi connectivity index (χ3v) is 9.14. The summed E-state index contributed by atoms with van der Waals surface area (Å²) in [6.07, 6.45) is 10.8. The van der Waals surface area contributed by atoms with Crippen molar-refractivity contribution in [3.8, 4) is 5.69 Å². The average Bonchev–Trinajstić information content (AvgIpc) is 3.23. The molecule has 0 spiro atoms. The number of nitrogens with zero attached hydrogens (tertiary/aromatic N) is 3. The van der Waals surface area contributed by atoms with E-state index in [4.69, 9.17) is 9.84 Å². The van der Waals surface area contributed by atoms with E-state index in [1.165, 1.54) is 12.8 Å². The Morgan fingerprint density at radius 1 is 0.917 bits per heavy atom. The van der Waals surface area contributed by atoms with Gasteiger partial charge in [0.15, 0.2) is 6.10 Å². The Hall–Kier alpha value is -2.92. The van der Waals surface area contributed by atoms with Crippen molar-refractivity contribution in [2.45, 2.75) is 69.4 Å². The van der Waals surface area contributed by atoms with Crippen molar-refractivity contribution in [3.63, 3.8) is 0 Å². The summed E-state index contributed by atoms with van der Waals surface area (Å²) in [4.78, 5) is 14.0. The molecule has 3 aliphatic heterocycles. The number of rotatable bonds is 6. The van der Waals surface area contributed by atoms with E-state index in [-0.39, 0.29) is 12.1 Å². The van der Waals surface area contributed by atoms with Gasteiger partial charge in [-0.15, -0.1) is 0 Å². The molecule has 0 N–H and O–H groups in total. The summed E-state index contributed by atoms with van der Waals surface area (Å²) in [6, 6.07) is 22.9. The second-order valence-electron chi connectivity index (χ2n) is 11.4.